The second-order valence-corrected chi connectivity index (χ2v) is 9.99. The number of hydrogen-bond donors (Lipinski definition) is 4. The van der Waals surface area contributed by atoms with Crippen LogP contribution >= 0.6 is 0 Å². The van der Waals surface area contributed by atoms with E-state index in [1.54, 1.807) is 0 Å². The van der Waals surface area contributed by atoms with Gasteiger partial charge in [0.25, 0.3) is 0 Å². The second kappa shape index (κ2) is 6.68. The molecule has 0 bridgehead atoms. The van der Waals surface area contributed by atoms with Crippen molar-refractivity contribution in [3.05, 3.63) is 48.0 Å². The molecule has 1 saturated heterocycles. The molecular formula is C20H22N6O6S. The van der Waals surface area contributed by atoms with Gasteiger partial charge in [-0.2, -0.15) is 8.42 Å². The first kappa shape index (κ1) is 20.9. The molecule has 1 aromatic carbocycles. The number of ether oxygens (including phenoxy) is 1. The van der Waals surface area contributed by atoms with Crippen molar-refractivity contribution in [1.82, 2.24) is 19.5 Å². The summed E-state index contributed by atoms with van der Waals surface area (Å²) in [4.78, 5) is 13.0. The minimum absolute atomic E-state index is 0.0854. The highest BCUT2D eigenvalue weighted by Crippen LogP contribution is 2.63. The number of aryl methyl sites for hydroxylation is 1. The Bertz CT molecular complexity index is 1380. The number of nitrogens with two attached hydrogens (primary N) is 1. The van der Waals surface area contributed by atoms with Gasteiger partial charge in [0.15, 0.2) is 28.8 Å². The number of aliphatic hydroxyl groups is 2. The first-order valence-electron chi connectivity index (χ1n) is 10.4. The Labute approximate surface area is 188 Å². The van der Waals surface area contributed by atoms with Crippen LogP contribution in [0.2, 0.25) is 0 Å². The van der Waals surface area contributed by atoms with E-state index in [0.717, 1.165) is 12.8 Å². The van der Waals surface area contributed by atoms with Crippen LogP contribution in [0.1, 0.15) is 36.7 Å². The number of benzene rings is 1. The zero-order valence-corrected chi connectivity index (χ0v) is 18.3. The van der Waals surface area contributed by atoms with Crippen molar-refractivity contribution in [3.8, 4) is 0 Å². The van der Waals surface area contributed by atoms with Gasteiger partial charge >= 0.3 is 10.3 Å². The van der Waals surface area contributed by atoms with Gasteiger partial charge in [-0.15, -0.1) is 0 Å². The fourth-order valence-electron chi connectivity index (χ4n) is 5.26. The largest absolute Gasteiger partial charge is 0.385 e. The number of nitrogens with zero attached hydrogens (tertiary/aromatic N) is 4. The van der Waals surface area contributed by atoms with Crippen molar-refractivity contribution in [2.24, 2.45) is 5.14 Å². The van der Waals surface area contributed by atoms with Gasteiger partial charge in [0.2, 0.25) is 0 Å². The van der Waals surface area contributed by atoms with Gasteiger partial charge < -0.3 is 20.3 Å². The fraction of sp³-hybridized carbons (Fsp3) is 0.450. The number of nitrogens with one attached hydrogen (secondary N) is 1. The zero-order chi connectivity index (χ0) is 23.2. The summed E-state index contributed by atoms with van der Waals surface area (Å²) in [5, 5.41) is 30.1. The highest BCUT2D eigenvalue weighted by Gasteiger charge is 2.87. The van der Waals surface area contributed by atoms with Crippen molar-refractivity contribution < 1.29 is 27.6 Å². The number of aromatic nitrogens is 4. The van der Waals surface area contributed by atoms with Gasteiger partial charge in [-0.1, -0.05) is 24.3 Å². The van der Waals surface area contributed by atoms with E-state index in [0.29, 0.717) is 17.0 Å². The predicted molar refractivity (Wildman–Crippen MR) is 114 cm³/mol. The van der Waals surface area contributed by atoms with Gasteiger partial charge in [0.05, 0.1) is 12.4 Å². The number of anilines is 1. The maximum Gasteiger partial charge on any atom is 0.334 e. The summed E-state index contributed by atoms with van der Waals surface area (Å²) in [5.41, 5.74) is -0.261. The minimum Gasteiger partial charge on any atom is -0.385 e. The molecule has 2 fully saturated rings. The molecule has 1 saturated carbocycles. The molecule has 3 heterocycles. The first-order chi connectivity index (χ1) is 15.6. The molecule has 0 radical (unpaired) electrons. The molecular weight excluding hydrogens is 452 g/mol. The third kappa shape index (κ3) is 2.87. The van der Waals surface area contributed by atoms with Gasteiger partial charge in [0, 0.05) is 0 Å². The fourth-order valence-corrected chi connectivity index (χ4v) is 5.96. The lowest BCUT2D eigenvalue weighted by molar-refractivity contribution is -0.114. The maximum absolute atomic E-state index is 11.4. The lowest BCUT2D eigenvalue weighted by atomic mass is 10.1. The molecule has 1 unspecified atom stereocenters. The van der Waals surface area contributed by atoms with E-state index in [-0.39, 0.29) is 6.04 Å². The smallest absolute Gasteiger partial charge is 0.334 e. The molecule has 13 heteroatoms. The van der Waals surface area contributed by atoms with Crippen LogP contribution in [-0.2, 0) is 25.6 Å². The Morgan fingerprint density at radius 3 is 2.82 bits per heavy atom. The van der Waals surface area contributed by atoms with E-state index >= 15 is 0 Å². The van der Waals surface area contributed by atoms with Crippen molar-refractivity contribution in [1.29, 1.82) is 0 Å². The number of imidazole rings is 1. The van der Waals surface area contributed by atoms with Gasteiger partial charge in [-0.3, -0.25) is 4.57 Å². The number of rotatable bonds is 5. The summed E-state index contributed by atoms with van der Waals surface area (Å²) in [6, 6.07) is 8.32. The van der Waals surface area contributed by atoms with Gasteiger partial charge in [-0.25, -0.2) is 24.3 Å². The summed E-state index contributed by atoms with van der Waals surface area (Å²) in [6.45, 7) is 1.32. The van der Waals surface area contributed by atoms with Gasteiger partial charge in [0.1, 0.15) is 24.1 Å². The van der Waals surface area contributed by atoms with E-state index in [2.05, 4.69) is 32.4 Å². The zero-order valence-electron chi connectivity index (χ0n) is 17.5. The monoisotopic (exact) mass is 474 g/mol. The van der Waals surface area contributed by atoms with E-state index in [1.165, 1.54) is 35.3 Å². The summed E-state index contributed by atoms with van der Waals surface area (Å²) in [6.07, 6.45) is 1.04. The molecule has 3 aromatic rings. The normalized spacial score (nSPS) is 34.9. The van der Waals surface area contributed by atoms with Crippen molar-refractivity contribution >= 4 is 27.3 Å². The Balaban J connectivity index is 1.29. The van der Waals surface area contributed by atoms with Crippen LogP contribution in [-0.4, -0.2) is 61.6 Å². The third-order valence-electron chi connectivity index (χ3n) is 6.97. The molecule has 2 aliphatic carbocycles. The summed E-state index contributed by atoms with van der Waals surface area (Å²) >= 11 is 0. The lowest BCUT2D eigenvalue weighted by Crippen LogP contribution is -2.43. The van der Waals surface area contributed by atoms with Crippen molar-refractivity contribution in [2.75, 3.05) is 5.32 Å². The third-order valence-corrected chi connectivity index (χ3v) is 7.55. The second-order valence-electron chi connectivity index (χ2n) is 8.84. The topological polar surface area (TPSA) is 175 Å². The SMILES string of the molecule is CC1(OS(N)(=O)=O)[C@H]2O[C@@H](n3cnc4c(N[C@H]5CCc6ccccc65)ncnc43)[C@H](O)[C@]21O. The Kier molecular flexibility index (Phi) is 4.23. The van der Waals surface area contributed by atoms with Crippen LogP contribution < -0.4 is 10.5 Å². The average molecular weight is 474 g/mol. The number of aliphatic hydroxyl groups excluding tert-OH is 1. The molecule has 33 heavy (non-hydrogen) atoms. The van der Waals surface area contributed by atoms with Gasteiger partial charge in [-0.05, 0) is 30.9 Å². The van der Waals surface area contributed by atoms with Crippen molar-refractivity contribution in [3.63, 3.8) is 0 Å². The minimum atomic E-state index is -4.37. The Morgan fingerprint density at radius 1 is 1.30 bits per heavy atom. The molecule has 2 aromatic heterocycles. The number of fused-ring (bicyclic) bond motifs is 3. The molecule has 5 N–H and O–H groups in total. The molecule has 0 spiro atoms. The predicted octanol–water partition coefficient (Wildman–Crippen LogP) is -0.0925. The van der Waals surface area contributed by atoms with E-state index < -0.39 is 39.9 Å². The first-order valence-corrected chi connectivity index (χ1v) is 11.9. The molecule has 3 aliphatic rings. The molecule has 6 rings (SSSR count). The Hall–Kier alpha value is -2.68. The molecule has 6 atom stereocenters. The summed E-state index contributed by atoms with van der Waals surface area (Å²) in [7, 11) is -4.37. The maximum atomic E-state index is 11.4. The van der Waals surface area contributed by atoms with Crippen LogP contribution in [0.15, 0.2) is 36.9 Å². The highest BCUT2D eigenvalue weighted by molar-refractivity contribution is 7.84. The van der Waals surface area contributed by atoms with E-state index in [1.807, 2.05) is 12.1 Å². The van der Waals surface area contributed by atoms with Crippen LogP contribution in [0.25, 0.3) is 11.2 Å². The highest BCUT2D eigenvalue weighted by atomic mass is 32.2. The molecule has 0 amide bonds. The van der Waals surface area contributed by atoms with E-state index in [4.69, 9.17) is 14.1 Å². The van der Waals surface area contributed by atoms with Crippen LogP contribution in [0.4, 0.5) is 5.82 Å². The van der Waals surface area contributed by atoms with Crippen LogP contribution in [0.3, 0.4) is 0 Å². The number of hydrogen-bond acceptors (Lipinski definition) is 10. The van der Waals surface area contributed by atoms with E-state index in [9.17, 15) is 18.6 Å². The Morgan fingerprint density at radius 2 is 2.09 bits per heavy atom. The molecule has 12 nitrogen and oxygen atoms in total. The lowest BCUT2D eigenvalue weighted by Gasteiger charge is -2.27. The molecule has 1 aliphatic heterocycles. The molecule has 174 valence electrons. The standard InChI is InChI=1S/C20H22N6O6S/c1-19(32-33(21,29)30)18-20(19,28)14(27)17(31-18)26-9-24-13-15(22-8-23-16(13)26)25-12-7-6-10-4-2-3-5-11(10)12/h2-5,8-9,12,14,17-18,27-28H,6-7H2,1H3,(H2,21,29,30)(H,22,23,25)/t12-,14-,17+,18+,19?,20-/m0/s1. The summed E-state index contributed by atoms with van der Waals surface area (Å²) in [5.74, 6) is 0.541. The quantitative estimate of drug-likeness (QED) is 0.391. The average Bonchev–Trinajstić information content (AvgIpc) is 3.25. The van der Waals surface area contributed by atoms with Crippen LogP contribution in [0.5, 0.6) is 0 Å². The van der Waals surface area contributed by atoms with Crippen LogP contribution in [0, 0.1) is 0 Å². The summed E-state index contributed by atoms with van der Waals surface area (Å²) < 4.78 is 34.8. The van der Waals surface area contributed by atoms with Crippen molar-refractivity contribution in [2.45, 2.75) is 55.4 Å².